The van der Waals surface area contributed by atoms with Crippen LogP contribution in [0.1, 0.15) is 54.2 Å². The molecule has 0 bridgehead atoms. The third-order valence-corrected chi connectivity index (χ3v) is 6.80. The molecule has 1 amide bonds. The van der Waals surface area contributed by atoms with Gasteiger partial charge >= 0.3 is 0 Å². The second kappa shape index (κ2) is 12.1. The summed E-state index contributed by atoms with van der Waals surface area (Å²) in [6, 6.07) is 19.9. The van der Waals surface area contributed by atoms with Gasteiger partial charge in [0, 0.05) is 28.9 Å². The molecule has 6 N–H and O–H groups in total. The largest absolute Gasteiger partial charge is 0.361 e. The van der Waals surface area contributed by atoms with E-state index in [9.17, 15) is 19.2 Å². The maximum Gasteiger partial charge on any atom is 0.251 e. The van der Waals surface area contributed by atoms with Gasteiger partial charge in [0.2, 0.25) is 0 Å². The van der Waals surface area contributed by atoms with Crippen molar-refractivity contribution in [2.24, 2.45) is 17.4 Å². The summed E-state index contributed by atoms with van der Waals surface area (Å²) in [5, 5.41) is 3.61. The summed E-state index contributed by atoms with van der Waals surface area (Å²) in [5.74, 6) is -3.71. The minimum absolute atomic E-state index is 0.0327. The molecule has 9 nitrogen and oxygen atoms in total. The summed E-state index contributed by atoms with van der Waals surface area (Å²) in [6.45, 7) is 3.80. The highest BCUT2D eigenvalue weighted by Crippen LogP contribution is 2.27. The summed E-state index contributed by atoms with van der Waals surface area (Å²) in [5.41, 5.74) is 12.1. The number of benzene rings is 2. The van der Waals surface area contributed by atoms with Crippen LogP contribution in [0.3, 0.4) is 0 Å². The summed E-state index contributed by atoms with van der Waals surface area (Å²) in [6.07, 6.45) is 2.88. The van der Waals surface area contributed by atoms with E-state index in [0.29, 0.717) is 23.2 Å². The number of nitrogens with two attached hydrogens (primary N) is 2. The Labute approximate surface area is 232 Å². The number of carbonyl (C=O) groups is 4. The average molecular weight is 540 g/mol. The lowest BCUT2D eigenvalue weighted by atomic mass is 9.82. The van der Waals surface area contributed by atoms with Crippen LogP contribution in [-0.4, -0.2) is 44.9 Å². The number of carbonyl (C=O) groups excluding carboxylic acids is 4. The molecule has 0 spiro atoms. The summed E-state index contributed by atoms with van der Waals surface area (Å²) in [4.78, 5) is 60.7. The third kappa shape index (κ3) is 6.39. The number of pyridine rings is 1. The minimum Gasteiger partial charge on any atom is -0.361 e. The quantitative estimate of drug-likeness (QED) is 0.159. The van der Waals surface area contributed by atoms with Crippen LogP contribution < -0.4 is 16.8 Å². The molecule has 2 heterocycles. The summed E-state index contributed by atoms with van der Waals surface area (Å²) in [7, 11) is 0. The van der Waals surface area contributed by atoms with E-state index in [-0.39, 0.29) is 5.92 Å². The highest BCUT2D eigenvalue weighted by atomic mass is 16.2. The van der Waals surface area contributed by atoms with Gasteiger partial charge in [0.15, 0.2) is 23.0 Å². The SMILES string of the molecule is CC(C)C[C@H](NC(=O)c1ccc2[nH]ccc2c1)C(=O)CC(=O)C(N)(N)C(=O)C(c1ccccc1)c1ccccn1. The zero-order chi connectivity index (χ0) is 28.9. The summed E-state index contributed by atoms with van der Waals surface area (Å²) >= 11 is 0. The van der Waals surface area contributed by atoms with Crippen molar-refractivity contribution in [1.29, 1.82) is 0 Å². The molecule has 2 atom stereocenters. The van der Waals surface area contributed by atoms with Crippen molar-refractivity contribution in [2.75, 3.05) is 0 Å². The van der Waals surface area contributed by atoms with E-state index in [1.54, 1.807) is 72.9 Å². The topological polar surface area (TPSA) is 161 Å². The van der Waals surface area contributed by atoms with E-state index < -0.39 is 47.3 Å². The first-order valence-electron chi connectivity index (χ1n) is 13.1. The number of hydrogen-bond donors (Lipinski definition) is 4. The number of Topliss-reactive ketones (excluding diaryl/α,β-unsaturated/α-hetero) is 3. The van der Waals surface area contributed by atoms with Crippen molar-refractivity contribution in [2.45, 2.75) is 44.3 Å². The third-order valence-electron chi connectivity index (χ3n) is 6.80. The van der Waals surface area contributed by atoms with Gasteiger partial charge in [-0.25, -0.2) is 0 Å². The van der Waals surface area contributed by atoms with Gasteiger partial charge in [-0.15, -0.1) is 0 Å². The monoisotopic (exact) mass is 539 g/mol. The Morgan fingerprint density at radius 2 is 1.68 bits per heavy atom. The van der Waals surface area contributed by atoms with Crippen LogP contribution in [0.15, 0.2) is 85.2 Å². The summed E-state index contributed by atoms with van der Waals surface area (Å²) < 4.78 is 0. The Hall–Kier alpha value is -4.47. The predicted octanol–water partition coefficient (Wildman–Crippen LogP) is 3.25. The highest BCUT2D eigenvalue weighted by molar-refractivity contribution is 6.19. The van der Waals surface area contributed by atoms with Gasteiger partial charge < -0.3 is 21.8 Å². The number of aromatic nitrogens is 2. The number of amides is 1. The van der Waals surface area contributed by atoms with Crippen molar-refractivity contribution < 1.29 is 19.2 Å². The zero-order valence-electron chi connectivity index (χ0n) is 22.5. The Kier molecular flexibility index (Phi) is 8.67. The van der Waals surface area contributed by atoms with Gasteiger partial charge in [0.1, 0.15) is 0 Å². The van der Waals surface area contributed by atoms with Crippen molar-refractivity contribution >= 4 is 34.2 Å². The second-order valence-corrected chi connectivity index (χ2v) is 10.3. The first kappa shape index (κ1) is 28.5. The lowest BCUT2D eigenvalue weighted by molar-refractivity contribution is -0.137. The number of nitrogens with zero attached hydrogens (tertiary/aromatic N) is 1. The van der Waals surface area contributed by atoms with E-state index in [4.69, 9.17) is 11.5 Å². The Balaban J connectivity index is 1.53. The van der Waals surface area contributed by atoms with E-state index in [0.717, 1.165) is 10.9 Å². The molecule has 4 rings (SSSR count). The van der Waals surface area contributed by atoms with Gasteiger partial charge in [-0.3, -0.25) is 24.2 Å². The number of fused-ring (bicyclic) bond motifs is 1. The number of nitrogens with one attached hydrogen (secondary N) is 2. The lowest BCUT2D eigenvalue weighted by Crippen LogP contribution is -2.64. The van der Waals surface area contributed by atoms with Gasteiger partial charge in [-0.2, -0.15) is 0 Å². The normalized spacial score (nSPS) is 13.1. The average Bonchev–Trinajstić information content (AvgIpc) is 3.41. The standard InChI is InChI=1S/C31H33N5O4/c1-19(2)16-25(36-30(40)22-11-12-23-21(17-22)13-15-35-23)26(37)18-27(38)31(32,33)29(39)28(20-8-4-3-5-9-20)24-10-6-7-14-34-24/h3-15,17,19,25,28,35H,16,18,32-33H2,1-2H3,(H,36,40)/t25-,28?/m0/s1. The number of aromatic amines is 1. The van der Waals surface area contributed by atoms with Gasteiger partial charge in [0.25, 0.3) is 5.91 Å². The fraction of sp³-hybridized carbons (Fsp3) is 0.258. The van der Waals surface area contributed by atoms with Gasteiger partial charge in [-0.05, 0) is 54.3 Å². The maximum absolute atomic E-state index is 13.7. The van der Waals surface area contributed by atoms with Crippen molar-refractivity contribution in [3.63, 3.8) is 0 Å². The van der Waals surface area contributed by atoms with Crippen molar-refractivity contribution in [3.8, 4) is 0 Å². The van der Waals surface area contributed by atoms with Crippen LogP contribution in [0.2, 0.25) is 0 Å². The Bertz CT molecular complexity index is 1470. The molecule has 0 fully saturated rings. The molecule has 206 valence electrons. The molecule has 4 aromatic rings. The molecule has 40 heavy (non-hydrogen) atoms. The molecule has 0 radical (unpaired) electrons. The molecule has 0 aliphatic heterocycles. The van der Waals surface area contributed by atoms with Crippen molar-refractivity contribution in [3.05, 3.63) is 102 Å². The molecule has 2 aromatic carbocycles. The fourth-order valence-corrected chi connectivity index (χ4v) is 4.63. The highest BCUT2D eigenvalue weighted by Gasteiger charge is 2.44. The number of ketones is 3. The molecular weight excluding hydrogens is 506 g/mol. The van der Waals surface area contributed by atoms with Gasteiger partial charge in [-0.1, -0.05) is 50.2 Å². The van der Waals surface area contributed by atoms with Crippen molar-refractivity contribution in [1.82, 2.24) is 15.3 Å². The molecular formula is C31H33N5O4. The lowest BCUT2D eigenvalue weighted by Gasteiger charge is -2.27. The van der Waals surface area contributed by atoms with Crippen LogP contribution in [0, 0.1) is 5.92 Å². The maximum atomic E-state index is 13.7. The molecule has 2 aromatic heterocycles. The molecule has 0 aliphatic rings. The number of rotatable bonds is 12. The number of hydrogen-bond acceptors (Lipinski definition) is 7. The zero-order valence-corrected chi connectivity index (χ0v) is 22.5. The smallest absolute Gasteiger partial charge is 0.251 e. The first-order valence-corrected chi connectivity index (χ1v) is 13.1. The van der Waals surface area contributed by atoms with Crippen LogP contribution in [0.25, 0.3) is 10.9 Å². The van der Waals surface area contributed by atoms with Crippen LogP contribution in [0.4, 0.5) is 0 Å². The predicted molar refractivity (Wildman–Crippen MR) is 152 cm³/mol. The molecule has 0 saturated heterocycles. The number of H-pyrrole nitrogens is 1. The minimum atomic E-state index is -2.46. The molecule has 1 unspecified atom stereocenters. The van der Waals surface area contributed by atoms with E-state index in [1.165, 1.54) is 6.20 Å². The molecule has 0 aliphatic carbocycles. The molecule has 9 heteroatoms. The Morgan fingerprint density at radius 3 is 2.35 bits per heavy atom. The second-order valence-electron chi connectivity index (χ2n) is 10.3. The van der Waals surface area contributed by atoms with Crippen LogP contribution in [-0.2, 0) is 14.4 Å². The van der Waals surface area contributed by atoms with E-state index >= 15 is 0 Å². The van der Waals surface area contributed by atoms with Crippen LogP contribution in [0.5, 0.6) is 0 Å². The van der Waals surface area contributed by atoms with E-state index in [2.05, 4.69) is 15.3 Å². The first-order chi connectivity index (χ1) is 19.1. The fourth-order valence-electron chi connectivity index (χ4n) is 4.63. The van der Waals surface area contributed by atoms with Crippen LogP contribution >= 0.6 is 0 Å². The Morgan fingerprint density at radius 1 is 0.950 bits per heavy atom. The van der Waals surface area contributed by atoms with E-state index in [1.807, 2.05) is 19.9 Å². The molecule has 0 saturated carbocycles. The van der Waals surface area contributed by atoms with Gasteiger partial charge in [0.05, 0.1) is 24.1 Å².